The molecule has 0 aliphatic carbocycles. The number of hydrogen-bond donors (Lipinski definition) is 2. The Kier molecular flexibility index (Phi) is 15.7. The fourth-order valence-corrected chi connectivity index (χ4v) is 11.8. The Morgan fingerprint density at radius 3 is 1.59 bits per heavy atom. The van der Waals surface area contributed by atoms with E-state index in [-0.39, 0.29) is 12.2 Å². The van der Waals surface area contributed by atoms with E-state index in [1.807, 2.05) is 138 Å². The maximum atomic E-state index is 12.3. The number of nitrogens with zero attached hydrogens (tertiary/aromatic N) is 10. The Morgan fingerprint density at radius 2 is 1.12 bits per heavy atom. The topological polar surface area (TPSA) is 182 Å². The molecule has 76 heavy (non-hydrogen) atoms. The van der Waals surface area contributed by atoms with Gasteiger partial charge >= 0.3 is 0 Å². The predicted molar refractivity (Wildman–Crippen MR) is 303 cm³/mol. The number of primary amides is 2. The number of carbonyl (C=O) groups is 2. The Hall–Kier alpha value is -7.32. The first-order valence-corrected chi connectivity index (χ1v) is 27.3. The third-order valence-electron chi connectivity index (χ3n) is 13.5. The van der Waals surface area contributed by atoms with E-state index in [0.29, 0.717) is 31.3 Å². The van der Waals surface area contributed by atoms with Gasteiger partial charge in [0.25, 0.3) is 11.8 Å². The fourth-order valence-electron chi connectivity index (χ4n) is 9.32. The van der Waals surface area contributed by atoms with Gasteiger partial charge in [0.05, 0.1) is 34.5 Å². The van der Waals surface area contributed by atoms with E-state index < -0.39 is 11.8 Å². The number of hydrogen-bond acceptors (Lipinski definition) is 12. The molecular weight excluding hydrogens is 1040 g/mol. The minimum Gasteiger partial charge on any atom is -0.484 e. The SMILES string of the molecule is CC(Oc1cc(-n2cnc3cc(-c4cnn(C)c4)ccc32)sc1C(N)=O)c1ccccc1Cl.CCN1CCN(CCCn2cc(-c3ccc4c(c3)ncn4-c3cc(OC(C)c4ccccc4Cl)c(C(N)=O)s3)cn2)CC1. The van der Waals surface area contributed by atoms with Crippen LogP contribution in [0.1, 0.15) is 69.9 Å². The third-order valence-corrected chi connectivity index (χ3v) is 16.4. The number of amides is 2. The number of piperazine rings is 1. The lowest BCUT2D eigenvalue weighted by Gasteiger charge is -2.33. The minimum absolute atomic E-state index is 0.345. The van der Waals surface area contributed by atoms with Gasteiger partial charge in [-0.05, 0) is 80.9 Å². The van der Waals surface area contributed by atoms with Crippen molar-refractivity contribution in [3.05, 3.63) is 165 Å². The first-order chi connectivity index (χ1) is 36.8. The maximum absolute atomic E-state index is 12.3. The van der Waals surface area contributed by atoms with Gasteiger partial charge < -0.3 is 30.7 Å². The predicted octanol–water partition coefficient (Wildman–Crippen LogP) is 11.3. The molecule has 4 N–H and O–H groups in total. The normalized spacial score (nSPS) is 13.9. The monoisotopic (exact) mass is 1090 g/mol. The lowest BCUT2D eigenvalue weighted by atomic mass is 10.1. The molecule has 0 radical (unpaired) electrons. The number of aryl methyl sites for hydroxylation is 2. The quantitative estimate of drug-likeness (QED) is 0.0890. The van der Waals surface area contributed by atoms with E-state index in [2.05, 4.69) is 55.2 Å². The summed E-state index contributed by atoms with van der Waals surface area (Å²) in [7, 11) is 1.89. The highest BCUT2D eigenvalue weighted by Crippen LogP contribution is 2.39. The number of carbonyl (C=O) groups excluding carboxylic acids is 2. The summed E-state index contributed by atoms with van der Waals surface area (Å²) in [5.41, 5.74) is 20.7. The van der Waals surface area contributed by atoms with Gasteiger partial charge in [-0.3, -0.25) is 28.1 Å². The van der Waals surface area contributed by atoms with E-state index >= 15 is 0 Å². The Balaban J connectivity index is 0.000000179. The Morgan fingerprint density at radius 1 is 0.632 bits per heavy atom. The van der Waals surface area contributed by atoms with E-state index in [0.717, 1.165) is 118 Å². The highest BCUT2D eigenvalue weighted by atomic mass is 35.5. The van der Waals surface area contributed by atoms with Gasteiger partial charge in [0.2, 0.25) is 0 Å². The van der Waals surface area contributed by atoms with Crippen LogP contribution in [0.3, 0.4) is 0 Å². The second kappa shape index (κ2) is 22.9. The molecule has 1 saturated heterocycles. The summed E-state index contributed by atoms with van der Waals surface area (Å²) >= 11 is 15.2. The summed E-state index contributed by atoms with van der Waals surface area (Å²) in [6.45, 7) is 13.8. The van der Waals surface area contributed by atoms with E-state index in [4.69, 9.17) is 44.1 Å². The number of thiophene rings is 2. The molecule has 10 aromatic rings. The van der Waals surface area contributed by atoms with E-state index in [9.17, 15) is 9.59 Å². The van der Waals surface area contributed by atoms with Crippen molar-refractivity contribution in [1.82, 2.24) is 48.5 Å². The summed E-state index contributed by atoms with van der Waals surface area (Å²) in [6, 6.07) is 30.8. The molecule has 390 valence electrons. The number of benzene rings is 4. The van der Waals surface area contributed by atoms with Gasteiger partial charge in [0.1, 0.15) is 56.1 Å². The van der Waals surface area contributed by atoms with Crippen LogP contribution in [0.5, 0.6) is 11.5 Å². The van der Waals surface area contributed by atoms with Gasteiger partial charge in [0, 0.05) is 96.6 Å². The highest BCUT2D eigenvalue weighted by Gasteiger charge is 2.24. The van der Waals surface area contributed by atoms with Crippen molar-refractivity contribution in [2.45, 2.75) is 45.9 Å². The van der Waals surface area contributed by atoms with Crippen LogP contribution in [-0.4, -0.2) is 99.5 Å². The second-order valence-electron chi connectivity index (χ2n) is 18.5. The molecular formula is C56H56Cl2N12O4S2. The molecule has 0 spiro atoms. The van der Waals surface area contributed by atoms with Crippen LogP contribution in [0.2, 0.25) is 10.0 Å². The number of nitrogens with two attached hydrogens (primary N) is 2. The Labute approximate surface area is 457 Å². The van der Waals surface area contributed by atoms with E-state index in [1.165, 1.54) is 22.7 Å². The van der Waals surface area contributed by atoms with Crippen LogP contribution in [0.4, 0.5) is 0 Å². The van der Waals surface area contributed by atoms with Gasteiger partial charge in [0.15, 0.2) is 0 Å². The van der Waals surface area contributed by atoms with Crippen molar-refractivity contribution in [2.24, 2.45) is 18.5 Å². The number of fused-ring (bicyclic) bond motifs is 2. The number of imidazole rings is 2. The van der Waals surface area contributed by atoms with Crippen molar-refractivity contribution >= 4 is 79.8 Å². The number of rotatable bonds is 17. The zero-order chi connectivity index (χ0) is 53.0. The van der Waals surface area contributed by atoms with Crippen LogP contribution in [-0.2, 0) is 13.6 Å². The summed E-state index contributed by atoms with van der Waals surface area (Å²) in [4.78, 5) is 39.4. The van der Waals surface area contributed by atoms with Gasteiger partial charge in [-0.25, -0.2) is 9.97 Å². The average molecular weight is 1100 g/mol. The molecule has 6 aromatic heterocycles. The molecule has 20 heteroatoms. The largest absolute Gasteiger partial charge is 0.484 e. The molecule has 0 saturated carbocycles. The molecule has 16 nitrogen and oxygen atoms in total. The molecule has 1 fully saturated rings. The standard InChI is InChI=1S/C32H36ClN7O2S.C24H20ClN5O2S/c1-3-37-13-15-38(16-14-37)11-6-12-39-20-24(19-36-39)23-9-10-28-27(17-23)35-21-40(28)30-18-29(31(43-30)32(34)41)42-22(2)25-7-4-5-8-26(25)33;1-14(17-5-3-4-6-18(17)25)32-21-10-22(33-23(21)24(26)31)30-13-27-19-9-15(7-8-20(19)30)16-11-28-29(2)12-16/h4-5,7-10,17-22H,3,6,11-16H2,1-2H3,(H2,34,41);3-14H,1-2H3,(H2,26,31). The maximum Gasteiger partial charge on any atom is 0.262 e. The summed E-state index contributed by atoms with van der Waals surface area (Å²) in [5, 5.41) is 11.6. The molecule has 11 rings (SSSR count). The van der Waals surface area contributed by atoms with Crippen LogP contribution < -0.4 is 20.9 Å². The van der Waals surface area contributed by atoms with Crippen LogP contribution in [0.15, 0.2) is 135 Å². The molecule has 1 aliphatic heterocycles. The second-order valence-corrected chi connectivity index (χ2v) is 21.4. The minimum atomic E-state index is -0.545. The molecule has 0 bridgehead atoms. The van der Waals surface area contributed by atoms with Crippen molar-refractivity contribution in [2.75, 3.05) is 39.3 Å². The van der Waals surface area contributed by atoms with E-state index in [1.54, 1.807) is 17.3 Å². The average Bonchev–Trinajstić information content (AvgIpc) is 4.30. The number of likely N-dealkylation sites (N-methyl/N-ethyl adjacent to an activating group) is 1. The zero-order valence-corrected chi connectivity index (χ0v) is 45.5. The third kappa shape index (κ3) is 11.4. The lowest BCUT2D eigenvalue weighted by molar-refractivity contribution is 0.0989. The first kappa shape index (κ1) is 52.1. The van der Waals surface area contributed by atoms with Gasteiger partial charge in [-0.15, -0.1) is 22.7 Å². The number of halogens is 2. The smallest absolute Gasteiger partial charge is 0.262 e. The summed E-state index contributed by atoms with van der Waals surface area (Å²) in [5.74, 6) is -0.242. The van der Waals surface area contributed by atoms with Crippen LogP contribution >= 0.6 is 45.9 Å². The summed E-state index contributed by atoms with van der Waals surface area (Å²) in [6.07, 6.45) is 11.6. The first-order valence-electron chi connectivity index (χ1n) is 24.9. The highest BCUT2D eigenvalue weighted by molar-refractivity contribution is 7.17. The van der Waals surface area contributed by atoms with Gasteiger partial charge in [-0.1, -0.05) is 78.7 Å². The summed E-state index contributed by atoms with van der Waals surface area (Å²) < 4.78 is 20.0. The number of aromatic nitrogens is 8. The van der Waals surface area contributed by atoms with Crippen molar-refractivity contribution in [3.8, 4) is 43.8 Å². The van der Waals surface area contributed by atoms with Crippen LogP contribution in [0, 0.1) is 0 Å². The number of ether oxygens (including phenoxy) is 2. The molecule has 2 atom stereocenters. The zero-order valence-electron chi connectivity index (χ0n) is 42.3. The molecule has 2 amide bonds. The molecule has 2 unspecified atom stereocenters. The fraction of sp³-hybridized carbons (Fsp3) is 0.250. The lowest BCUT2D eigenvalue weighted by Crippen LogP contribution is -2.46. The Bertz CT molecular complexity index is 3680. The van der Waals surface area contributed by atoms with Crippen molar-refractivity contribution in [3.63, 3.8) is 0 Å². The van der Waals surface area contributed by atoms with Crippen LogP contribution in [0.25, 0.3) is 54.3 Å². The van der Waals surface area contributed by atoms with Crippen molar-refractivity contribution < 1.29 is 19.1 Å². The van der Waals surface area contributed by atoms with Gasteiger partial charge in [-0.2, -0.15) is 10.2 Å². The molecule has 1 aliphatic rings. The van der Waals surface area contributed by atoms with Crippen molar-refractivity contribution in [1.29, 1.82) is 0 Å². The molecule has 4 aromatic carbocycles. The molecule has 7 heterocycles.